The van der Waals surface area contributed by atoms with Crippen molar-refractivity contribution in [3.8, 4) is 0 Å². The lowest BCUT2D eigenvalue weighted by atomic mass is 9.98. The van der Waals surface area contributed by atoms with Gasteiger partial charge in [-0.05, 0) is 61.0 Å². The van der Waals surface area contributed by atoms with Crippen LogP contribution in [0.2, 0.25) is 0 Å². The van der Waals surface area contributed by atoms with Crippen molar-refractivity contribution in [3.05, 3.63) is 59.3 Å². The van der Waals surface area contributed by atoms with Gasteiger partial charge in [-0.2, -0.15) is 4.37 Å². The molecule has 1 aliphatic heterocycles. The summed E-state index contributed by atoms with van der Waals surface area (Å²) in [6.45, 7) is 5.73. The Morgan fingerprint density at radius 3 is 2.68 bits per heavy atom. The smallest absolute Gasteiger partial charge is 0.276 e. The van der Waals surface area contributed by atoms with E-state index in [9.17, 15) is 9.59 Å². The fourth-order valence-corrected chi connectivity index (χ4v) is 4.29. The fourth-order valence-electron chi connectivity index (χ4n) is 3.52. The Bertz CT molecular complexity index is 1040. The van der Waals surface area contributed by atoms with E-state index >= 15 is 0 Å². The van der Waals surface area contributed by atoms with Gasteiger partial charge in [0, 0.05) is 29.7 Å². The summed E-state index contributed by atoms with van der Waals surface area (Å²) in [5.41, 5.74) is 2.59. The van der Waals surface area contributed by atoms with E-state index in [2.05, 4.69) is 16.6 Å². The summed E-state index contributed by atoms with van der Waals surface area (Å²) in [4.78, 5) is 27.6. The molecule has 144 valence electrons. The minimum atomic E-state index is -0.253. The van der Waals surface area contributed by atoms with Crippen molar-refractivity contribution in [2.75, 3.05) is 18.4 Å². The third kappa shape index (κ3) is 3.64. The van der Waals surface area contributed by atoms with Crippen LogP contribution in [0.3, 0.4) is 0 Å². The van der Waals surface area contributed by atoms with Gasteiger partial charge >= 0.3 is 0 Å². The van der Waals surface area contributed by atoms with E-state index in [1.807, 2.05) is 48.2 Å². The van der Waals surface area contributed by atoms with Crippen molar-refractivity contribution < 1.29 is 9.59 Å². The van der Waals surface area contributed by atoms with E-state index in [-0.39, 0.29) is 11.8 Å². The van der Waals surface area contributed by atoms with Gasteiger partial charge in [0.05, 0.1) is 4.70 Å². The van der Waals surface area contributed by atoms with Gasteiger partial charge in [-0.3, -0.25) is 9.59 Å². The Morgan fingerprint density at radius 1 is 1.14 bits per heavy atom. The molecule has 0 spiro atoms. The highest BCUT2D eigenvalue weighted by Crippen LogP contribution is 2.25. The molecule has 2 amide bonds. The van der Waals surface area contributed by atoms with Crippen LogP contribution in [0.4, 0.5) is 5.69 Å². The molecule has 0 aliphatic carbocycles. The molecule has 0 unspecified atom stereocenters. The number of amides is 2. The zero-order chi connectivity index (χ0) is 19.7. The molecule has 2 aromatic carbocycles. The van der Waals surface area contributed by atoms with Crippen LogP contribution in [0, 0.1) is 12.8 Å². The SMILES string of the molecule is Cc1ccc(C(=O)N2CCC(C)CC2)cc1NC(=O)c1nsc2ccccc12. The molecule has 0 saturated carbocycles. The number of aromatic nitrogens is 1. The van der Waals surface area contributed by atoms with Crippen molar-refractivity contribution in [1.29, 1.82) is 0 Å². The maximum absolute atomic E-state index is 12.9. The predicted molar refractivity (Wildman–Crippen MR) is 113 cm³/mol. The van der Waals surface area contributed by atoms with E-state index in [1.165, 1.54) is 11.5 Å². The van der Waals surface area contributed by atoms with Gasteiger partial charge in [0.2, 0.25) is 0 Å². The zero-order valence-corrected chi connectivity index (χ0v) is 16.9. The minimum Gasteiger partial charge on any atom is -0.339 e. The van der Waals surface area contributed by atoms with Crippen LogP contribution < -0.4 is 5.32 Å². The van der Waals surface area contributed by atoms with Crippen LogP contribution in [0.5, 0.6) is 0 Å². The Morgan fingerprint density at radius 2 is 1.89 bits per heavy atom. The quantitative estimate of drug-likeness (QED) is 0.700. The lowest BCUT2D eigenvalue weighted by Crippen LogP contribution is -2.37. The van der Waals surface area contributed by atoms with Crippen LogP contribution in [0.15, 0.2) is 42.5 Å². The highest BCUT2D eigenvalue weighted by Gasteiger charge is 2.22. The van der Waals surface area contributed by atoms with Gasteiger partial charge < -0.3 is 10.2 Å². The van der Waals surface area contributed by atoms with Crippen LogP contribution in [0.1, 0.15) is 46.2 Å². The first kappa shape index (κ1) is 18.6. The maximum Gasteiger partial charge on any atom is 0.276 e. The Kier molecular flexibility index (Phi) is 5.13. The molecule has 3 aromatic rings. The third-order valence-electron chi connectivity index (χ3n) is 5.40. The van der Waals surface area contributed by atoms with Gasteiger partial charge in [-0.15, -0.1) is 0 Å². The van der Waals surface area contributed by atoms with Crippen LogP contribution >= 0.6 is 11.5 Å². The normalized spacial score (nSPS) is 15.0. The average Bonchev–Trinajstić information content (AvgIpc) is 3.14. The van der Waals surface area contributed by atoms with Crippen LogP contribution in [-0.4, -0.2) is 34.2 Å². The van der Waals surface area contributed by atoms with Crippen molar-refractivity contribution in [2.45, 2.75) is 26.7 Å². The number of anilines is 1. The van der Waals surface area contributed by atoms with Gasteiger partial charge in [0.1, 0.15) is 5.69 Å². The van der Waals surface area contributed by atoms with Crippen molar-refractivity contribution >= 4 is 39.1 Å². The summed E-state index contributed by atoms with van der Waals surface area (Å²) in [6, 6.07) is 13.2. The molecule has 0 atom stereocenters. The highest BCUT2D eigenvalue weighted by atomic mass is 32.1. The number of rotatable bonds is 3. The molecule has 6 heteroatoms. The first-order valence-corrected chi connectivity index (χ1v) is 10.4. The lowest BCUT2D eigenvalue weighted by molar-refractivity contribution is 0.0697. The zero-order valence-electron chi connectivity index (χ0n) is 16.1. The molecule has 1 N–H and O–H groups in total. The minimum absolute atomic E-state index is 0.0292. The number of fused-ring (bicyclic) bond motifs is 1. The second kappa shape index (κ2) is 7.72. The Labute approximate surface area is 168 Å². The predicted octanol–water partition coefficient (Wildman–Crippen LogP) is 4.73. The molecule has 4 rings (SSSR count). The largest absolute Gasteiger partial charge is 0.339 e. The highest BCUT2D eigenvalue weighted by molar-refractivity contribution is 7.13. The van der Waals surface area contributed by atoms with E-state index < -0.39 is 0 Å². The first-order valence-electron chi connectivity index (χ1n) is 9.58. The fraction of sp³-hybridized carbons (Fsp3) is 0.318. The first-order chi connectivity index (χ1) is 13.5. The monoisotopic (exact) mass is 393 g/mol. The summed E-state index contributed by atoms with van der Waals surface area (Å²) in [5.74, 6) is 0.448. The topological polar surface area (TPSA) is 62.3 Å². The van der Waals surface area contributed by atoms with Crippen molar-refractivity contribution in [1.82, 2.24) is 9.27 Å². The Balaban J connectivity index is 1.55. The average molecular weight is 394 g/mol. The standard InChI is InChI=1S/C22H23N3O2S/c1-14-9-11-25(12-10-14)22(27)16-8-7-15(2)18(13-16)23-21(26)20-17-5-3-4-6-19(17)28-24-20/h3-8,13-14H,9-12H2,1-2H3,(H,23,26). The number of carbonyl (C=O) groups excluding carboxylic acids is 2. The number of hydrogen-bond acceptors (Lipinski definition) is 4. The number of piperidine rings is 1. The van der Waals surface area contributed by atoms with E-state index in [0.29, 0.717) is 22.9 Å². The van der Waals surface area contributed by atoms with Gasteiger partial charge in [0.15, 0.2) is 0 Å². The molecule has 0 radical (unpaired) electrons. The molecule has 28 heavy (non-hydrogen) atoms. The Hall–Kier alpha value is -2.73. The number of likely N-dealkylation sites (tertiary alicyclic amines) is 1. The number of nitrogens with one attached hydrogen (secondary N) is 1. The van der Waals surface area contributed by atoms with Gasteiger partial charge in [-0.25, -0.2) is 0 Å². The molecule has 0 bridgehead atoms. The molecule has 1 aromatic heterocycles. The second-order valence-electron chi connectivity index (χ2n) is 7.49. The second-order valence-corrected chi connectivity index (χ2v) is 8.29. The molecular formula is C22H23N3O2S. The third-order valence-corrected chi connectivity index (χ3v) is 6.22. The van der Waals surface area contributed by atoms with E-state index in [4.69, 9.17) is 0 Å². The molecule has 1 aliphatic rings. The van der Waals surface area contributed by atoms with E-state index in [1.54, 1.807) is 6.07 Å². The molecular weight excluding hydrogens is 370 g/mol. The molecule has 2 heterocycles. The van der Waals surface area contributed by atoms with Crippen LogP contribution in [-0.2, 0) is 0 Å². The van der Waals surface area contributed by atoms with Gasteiger partial charge in [0.25, 0.3) is 11.8 Å². The van der Waals surface area contributed by atoms with E-state index in [0.717, 1.165) is 41.6 Å². The number of carbonyl (C=O) groups is 2. The number of benzene rings is 2. The number of hydrogen-bond donors (Lipinski definition) is 1. The maximum atomic E-state index is 12.9. The molecule has 1 fully saturated rings. The number of aryl methyl sites for hydroxylation is 1. The molecule has 5 nitrogen and oxygen atoms in total. The summed E-state index contributed by atoms with van der Waals surface area (Å²) in [5, 5.41) is 3.79. The lowest BCUT2D eigenvalue weighted by Gasteiger charge is -2.30. The van der Waals surface area contributed by atoms with Crippen LogP contribution in [0.25, 0.3) is 10.1 Å². The molecule has 1 saturated heterocycles. The van der Waals surface area contributed by atoms with Crippen molar-refractivity contribution in [3.63, 3.8) is 0 Å². The number of nitrogens with zero attached hydrogens (tertiary/aromatic N) is 2. The summed E-state index contributed by atoms with van der Waals surface area (Å²) >= 11 is 1.31. The van der Waals surface area contributed by atoms with Crippen molar-refractivity contribution in [2.24, 2.45) is 5.92 Å². The summed E-state index contributed by atoms with van der Waals surface area (Å²) < 4.78 is 5.29. The summed E-state index contributed by atoms with van der Waals surface area (Å²) in [7, 11) is 0. The summed E-state index contributed by atoms with van der Waals surface area (Å²) in [6.07, 6.45) is 2.08. The van der Waals surface area contributed by atoms with Gasteiger partial charge in [-0.1, -0.05) is 31.2 Å².